The largest absolute Gasteiger partial charge is 0.480 e. The summed E-state index contributed by atoms with van der Waals surface area (Å²) in [6, 6.07) is 14.4. The summed E-state index contributed by atoms with van der Waals surface area (Å²) in [5.41, 5.74) is 2.79. The molecule has 1 N–H and O–H groups in total. The molecule has 2 unspecified atom stereocenters. The second-order valence-electron chi connectivity index (χ2n) is 8.15. The quantitative estimate of drug-likeness (QED) is 0.843. The van der Waals surface area contributed by atoms with Crippen LogP contribution in [-0.2, 0) is 9.53 Å². The zero-order chi connectivity index (χ0) is 20.4. The van der Waals surface area contributed by atoms with E-state index in [9.17, 15) is 23.5 Å². The summed E-state index contributed by atoms with van der Waals surface area (Å²) in [5.74, 6) is -4.37. The molecule has 1 saturated carbocycles. The maximum atomic E-state index is 13.8. The van der Waals surface area contributed by atoms with E-state index in [-0.39, 0.29) is 31.9 Å². The SMILES string of the molecule is O=C(O)C1CC2(CN1C(=O)OCC1c3ccccc3-c3ccccc31)CC2(F)F. The van der Waals surface area contributed by atoms with Crippen LogP contribution in [-0.4, -0.2) is 47.2 Å². The van der Waals surface area contributed by atoms with Crippen LogP contribution in [0.1, 0.15) is 29.9 Å². The standard InChI is InChI=1S/C22H19F2NO4/c23-22(24)11-21(22)9-18(19(26)27)25(12-21)20(28)29-10-17-15-7-3-1-5-13(15)14-6-2-4-8-16(14)17/h1-8,17-18H,9-12H2,(H,26,27). The molecule has 2 aromatic carbocycles. The predicted molar refractivity (Wildman–Crippen MR) is 99.8 cm³/mol. The molecule has 1 aliphatic heterocycles. The first-order valence-corrected chi connectivity index (χ1v) is 9.55. The summed E-state index contributed by atoms with van der Waals surface area (Å²) in [4.78, 5) is 25.2. The van der Waals surface area contributed by atoms with Crippen LogP contribution in [0.3, 0.4) is 0 Å². The molecule has 7 heteroatoms. The monoisotopic (exact) mass is 399 g/mol. The van der Waals surface area contributed by atoms with Crippen LogP contribution in [0.5, 0.6) is 0 Å². The van der Waals surface area contributed by atoms with E-state index in [0.717, 1.165) is 27.2 Å². The highest BCUT2D eigenvalue weighted by atomic mass is 19.3. The predicted octanol–water partition coefficient (Wildman–Crippen LogP) is 4.12. The second-order valence-corrected chi connectivity index (χ2v) is 8.15. The lowest BCUT2D eigenvalue weighted by Crippen LogP contribution is -2.41. The number of carboxylic acids is 1. The van der Waals surface area contributed by atoms with Gasteiger partial charge in [0.15, 0.2) is 0 Å². The molecule has 150 valence electrons. The Balaban J connectivity index is 1.35. The van der Waals surface area contributed by atoms with E-state index in [1.54, 1.807) is 0 Å². The molecule has 2 aliphatic carbocycles. The van der Waals surface area contributed by atoms with Crippen LogP contribution in [0, 0.1) is 5.41 Å². The number of alkyl halides is 2. The van der Waals surface area contributed by atoms with E-state index in [1.165, 1.54) is 0 Å². The van der Waals surface area contributed by atoms with Crippen molar-refractivity contribution in [2.75, 3.05) is 13.2 Å². The molecule has 1 heterocycles. The van der Waals surface area contributed by atoms with Gasteiger partial charge in [-0.3, -0.25) is 4.90 Å². The van der Waals surface area contributed by atoms with Gasteiger partial charge in [-0.15, -0.1) is 0 Å². The van der Waals surface area contributed by atoms with Crippen molar-refractivity contribution < 1.29 is 28.2 Å². The Morgan fingerprint density at radius 2 is 1.62 bits per heavy atom. The number of aliphatic carboxylic acids is 1. The van der Waals surface area contributed by atoms with Crippen LogP contribution in [0.4, 0.5) is 13.6 Å². The van der Waals surface area contributed by atoms with Gasteiger partial charge >= 0.3 is 12.1 Å². The number of carbonyl (C=O) groups is 2. The van der Waals surface area contributed by atoms with Crippen molar-refractivity contribution in [2.24, 2.45) is 5.41 Å². The first kappa shape index (κ1) is 18.1. The Morgan fingerprint density at radius 1 is 1.07 bits per heavy atom. The summed E-state index contributed by atoms with van der Waals surface area (Å²) in [5, 5.41) is 9.41. The molecular formula is C22H19F2NO4. The number of rotatable bonds is 3. The molecule has 1 spiro atoms. The second kappa shape index (κ2) is 6.02. The van der Waals surface area contributed by atoms with Crippen molar-refractivity contribution in [3.63, 3.8) is 0 Å². The minimum absolute atomic E-state index is 0.0269. The smallest absolute Gasteiger partial charge is 0.410 e. The third-order valence-corrected chi connectivity index (χ3v) is 6.50. The Bertz CT molecular complexity index is 978. The van der Waals surface area contributed by atoms with Gasteiger partial charge in [-0.05, 0) is 28.7 Å². The minimum Gasteiger partial charge on any atom is -0.480 e. The Kier molecular flexibility index (Phi) is 3.75. The van der Waals surface area contributed by atoms with E-state index >= 15 is 0 Å². The molecule has 1 saturated heterocycles. The lowest BCUT2D eigenvalue weighted by molar-refractivity contribution is -0.141. The highest BCUT2D eigenvalue weighted by Crippen LogP contribution is 2.66. The number of carbonyl (C=O) groups excluding carboxylic acids is 1. The number of ether oxygens (including phenoxy) is 1. The van der Waals surface area contributed by atoms with Crippen molar-refractivity contribution in [2.45, 2.75) is 30.7 Å². The minimum atomic E-state index is -2.92. The number of hydrogen-bond acceptors (Lipinski definition) is 3. The third-order valence-electron chi connectivity index (χ3n) is 6.50. The van der Waals surface area contributed by atoms with Gasteiger partial charge in [0.05, 0.1) is 5.41 Å². The number of benzene rings is 2. The van der Waals surface area contributed by atoms with E-state index in [0.29, 0.717) is 0 Å². The molecule has 3 aliphatic rings. The van der Waals surface area contributed by atoms with Gasteiger partial charge in [0.25, 0.3) is 5.92 Å². The zero-order valence-corrected chi connectivity index (χ0v) is 15.5. The Hall–Kier alpha value is -2.96. The third kappa shape index (κ3) is 2.63. The van der Waals surface area contributed by atoms with E-state index in [2.05, 4.69) is 0 Å². The van der Waals surface area contributed by atoms with Crippen LogP contribution in [0.25, 0.3) is 11.1 Å². The summed E-state index contributed by atoms with van der Waals surface area (Å²) in [6.07, 6.45) is -1.46. The average molecular weight is 399 g/mol. The molecule has 2 atom stereocenters. The molecule has 29 heavy (non-hydrogen) atoms. The van der Waals surface area contributed by atoms with E-state index in [1.807, 2.05) is 48.5 Å². The van der Waals surface area contributed by atoms with Gasteiger partial charge in [0.2, 0.25) is 0 Å². The van der Waals surface area contributed by atoms with Crippen molar-refractivity contribution in [1.29, 1.82) is 0 Å². The fourth-order valence-corrected chi connectivity index (χ4v) is 4.84. The molecule has 5 rings (SSSR count). The first-order valence-electron chi connectivity index (χ1n) is 9.55. The van der Waals surface area contributed by atoms with Crippen LogP contribution < -0.4 is 0 Å². The number of nitrogens with zero attached hydrogens (tertiary/aromatic N) is 1. The van der Waals surface area contributed by atoms with Crippen LogP contribution >= 0.6 is 0 Å². The lowest BCUT2D eigenvalue weighted by Gasteiger charge is -2.22. The van der Waals surface area contributed by atoms with Crippen LogP contribution in [0.15, 0.2) is 48.5 Å². The number of carboxylic acid groups (broad SMARTS) is 1. The topological polar surface area (TPSA) is 66.8 Å². The van der Waals surface area contributed by atoms with Crippen molar-refractivity contribution in [1.82, 2.24) is 4.90 Å². The van der Waals surface area contributed by atoms with E-state index < -0.39 is 29.4 Å². The van der Waals surface area contributed by atoms with Gasteiger partial charge in [0, 0.05) is 18.9 Å². The summed E-state index contributed by atoms with van der Waals surface area (Å²) in [6.45, 7) is -0.257. The Morgan fingerprint density at radius 3 is 2.14 bits per heavy atom. The fraction of sp³-hybridized carbons (Fsp3) is 0.364. The summed E-state index contributed by atoms with van der Waals surface area (Å²) in [7, 11) is 0. The molecule has 1 amide bonds. The zero-order valence-electron chi connectivity index (χ0n) is 15.5. The number of amides is 1. The van der Waals surface area contributed by atoms with Gasteiger partial charge < -0.3 is 9.84 Å². The van der Waals surface area contributed by atoms with Gasteiger partial charge in [-0.25, -0.2) is 18.4 Å². The van der Waals surface area contributed by atoms with Gasteiger partial charge in [0.1, 0.15) is 12.6 Å². The Labute approximate surface area is 165 Å². The molecule has 2 fully saturated rings. The molecule has 0 radical (unpaired) electrons. The van der Waals surface area contributed by atoms with Crippen molar-refractivity contribution in [3.8, 4) is 11.1 Å². The maximum Gasteiger partial charge on any atom is 0.410 e. The molecular weight excluding hydrogens is 380 g/mol. The highest BCUT2D eigenvalue weighted by molar-refractivity contribution is 5.82. The van der Waals surface area contributed by atoms with Gasteiger partial charge in [-0.2, -0.15) is 0 Å². The van der Waals surface area contributed by atoms with Crippen molar-refractivity contribution in [3.05, 3.63) is 59.7 Å². The summed E-state index contributed by atoms with van der Waals surface area (Å²) >= 11 is 0. The van der Waals surface area contributed by atoms with Gasteiger partial charge in [-0.1, -0.05) is 48.5 Å². The first-order chi connectivity index (χ1) is 13.8. The maximum absolute atomic E-state index is 13.8. The summed E-state index contributed by atoms with van der Waals surface area (Å²) < 4.78 is 33.0. The molecule has 2 aromatic rings. The van der Waals surface area contributed by atoms with E-state index in [4.69, 9.17) is 4.74 Å². The number of hydrogen-bond donors (Lipinski definition) is 1. The molecule has 0 bridgehead atoms. The molecule has 5 nitrogen and oxygen atoms in total. The normalized spacial score (nSPS) is 26.3. The fourth-order valence-electron chi connectivity index (χ4n) is 4.84. The highest BCUT2D eigenvalue weighted by Gasteiger charge is 2.75. The molecule has 0 aromatic heterocycles. The number of halogens is 2. The van der Waals surface area contributed by atoms with Crippen LogP contribution in [0.2, 0.25) is 0 Å². The number of fused-ring (bicyclic) bond motifs is 3. The lowest BCUT2D eigenvalue weighted by atomic mass is 9.98. The average Bonchev–Trinajstić information content (AvgIpc) is 3.00. The van der Waals surface area contributed by atoms with Crippen molar-refractivity contribution >= 4 is 12.1 Å². The number of likely N-dealkylation sites (tertiary alicyclic amines) is 1.